The molecule has 4 nitrogen and oxygen atoms in total. The Morgan fingerprint density at radius 1 is 1.33 bits per heavy atom. The average molecular weight is 236 g/mol. The molecule has 0 amide bonds. The molecule has 90 valence electrons. The lowest BCUT2D eigenvalue weighted by Crippen LogP contribution is -2.11. The number of rotatable bonds is 8. The molecule has 0 aliphatic carbocycles. The summed E-state index contributed by atoms with van der Waals surface area (Å²) >= 11 is 0. The number of hydrogen-bond donors (Lipinski definition) is 0. The van der Waals surface area contributed by atoms with Crippen molar-refractivity contribution in [2.45, 2.75) is 33.1 Å². The summed E-state index contributed by atoms with van der Waals surface area (Å²) in [6.45, 7) is 4.10. The van der Waals surface area contributed by atoms with Crippen molar-refractivity contribution in [2.75, 3.05) is 20.4 Å². The highest BCUT2D eigenvalue weighted by Crippen LogP contribution is 2.46. The van der Waals surface area contributed by atoms with Gasteiger partial charge in [0.05, 0.1) is 0 Å². The highest BCUT2D eigenvalue weighted by Gasteiger charge is 2.25. The van der Waals surface area contributed by atoms with Crippen molar-refractivity contribution in [2.24, 2.45) is 5.92 Å². The Morgan fingerprint density at radius 3 is 2.27 bits per heavy atom. The van der Waals surface area contributed by atoms with Gasteiger partial charge in [0, 0.05) is 20.6 Å². The predicted molar refractivity (Wildman–Crippen MR) is 60.2 cm³/mol. The molecule has 0 bridgehead atoms. The van der Waals surface area contributed by atoms with Crippen LogP contribution in [0.4, 0.5) is 0 Å². The van der Waals surface area contributed by atoms with E-state index in [1.165, 1.54) is 14.2 Å². The molecule has 0 aliphatic rings. The summed E-state index contributed by atoms with van der Waals surface area (Å²) in [7, 11) is -0.565. The van der Waals surface area contributed by atoms with Gasteiger partial charge in [-0.25, -0.2) is 0 Å². The van der Waals surface area contributed by atoms with Crippen molar-refractivity contribution in [1.29, 1.82) is 0 Å². The van der Waals surface area contributed by atoms with Crippen molar-refractivity contribution >= 4 is 13.4 Å². The van der Waals surface area contributed by atoms with Gasteiger partial charge in [-0.15, -0.1) is 0 Å². The van der Waals surface area contributed by atoms with Gasteiger partial charge in [0.2, 0.25) is 0 Å². The Kier molecular flexibility index (Phi) is 7.07. The number of carbonyl (C=O) groups excluding carboxylic acids is 1. The van der Waals surface area contributed by atoms with E-state index >= 15 is 0 Å². The Labute approximate surface area is 91.9 Å². The fraction of sp³-hybridized carbons (Fsp3) is 0.900. The van der Waals surface area contributed by atoms with E-state index in [9.17, 15) is 9.36 Å². The maximum atomic E-state index is 11.6. The topological polar surface area (TPSA) is 52.6 Å². The summed E-state index contributed by atoms with van der Waals surface area (Å²) in [4.78, 5) is 11.5. The zero-order valence-corrected chi connectivity index (χ0v) is 10.9. The summed E-state index contributed by atoms with van der Waals surface area (Å²) in [6.07, 6.45) is 2.40. The quantitative estimate of drug-likeness (QED) is 0.608. The van der Waals surface area contributed by atoms with Gasteiger partial charge in [-0.05, 0) is 5.92 Å². The minimum absolute atomic E-state index is 0.0528. The van der Waals surface area contributed by atoms with Gasteiger partial charge >= 0.3 is 7.60 Å². The first-order valence-electron chi connectivity index (χ1n) is 5.19. The molecule has 0 aromatic carbocycles. The second-order valence-electron chi connectivity index (χ2n) is 3.77. The van der Waals surface area contributed by atoms with Crippen molar-refractivity contribution < 1.29 is 18.4 Å². The van der Waals surface area contributed by atoms with Crippen LogP contribution < -0.4 is 0 Å². The second-order valence-corrected chi connectivity index (χ2v) is 6.04. The molecule has 0 radical (unpaired) electrons. The van der Waals surface area contributed by atoms with E-state index in [2.05, 4.69) is 6.92 Å². The molecule has 0 saturated heterocycles. The van der Waals surface area contributed by atoms with Gasteiger partial charge in [0.1, 0.15) is 11.9 Å². The van der Waals surface area contributed by atoms with E-state index in [0.29, 0.717) is 12.3 Å². The van der Waals surface area contributed by atoms with Gasteiger partial charge in [-0.3, -0.25) is 9.36 Å². The maximum absolute atomic E-state index is 11.6. The van der Waals surface area contributed by atoms with E-state index in [0.717, 1.165) is 12.8 Å². The number of Topliss-reactive ketones (excluding diaryl/α,β-unsaturated/α-hetero) is 1. The predicted octanol–water partition coefficient (Wildman–Crippen LogP) is 2.87. The van der Waals surface area contributed by atoms with Crippen LogP contribution in [-0.2, 0) is 18.4 Å². The van der Waals surface area contributed by atoms with Crippen LogP contribution in [0.15, 0.2) is 0 Å². The van der Waals surface area contributed by atoms with Crippen LogP contribution in [0.2, 0.25) is 0 Å². The normalized spacial score (nSPS) is 13.9. The minimum Gasteiger partial charge on any atom is -0.312 e. The third kappa shape index (κ3) is 6.08. The summed E-state index contributed by atoms with van der Waals surface area (Å²) in [5.74, 6) is 0.285. The average Bonchev–Trinajstić information content (AvgIpc) is 2.17. The highest BCUT2D eigenvalue weighted by atomic mass is 31.2. The summed E-state index contributed by atoms with van der Waals surface area (Å²) in [5.41, 5.74) is 0. The minimum atomic E-state index is -3.16. The van der Waals surface area contributed by atoms with Crippen LogP contribution >= 0.6 is 7.60 Å². The van der Waals surface area contributed by atoms with E-state index < -0.39 is 7.60 Å². The molecule has 0 aromatic heterocycles. The molecule has 0 saturated carbocycles. The molecule has 0 fully saturated rings. The molecule has 0 heterocycles. The Morgan fingerprint density at radius 2 is 1.87 bits per heavy atom. The molecule has 15 heavy (non-hydrogen) atoms. The largest absolute Gasteiger partial charge is 0.337 e. The van der Waals surface area contributed by atoms with Crippen LogP contribution in [0.1, 0.15) is 33.1 Å². The molecular weight excluding hydrogens is 215 g/mol. The molecular formula is C10H21O4P. The van der Waals surface area contributed by atoms with Crippen molar-refractivity contribution in [3.63, 3.8) is 0 Å². The molecule has 1 unspecified atom stereocenters. The molecule has 0 N–H and O–H groups in total. The fourth-order valence-corrected chi connectivity index (χ4v) is 2.44. The summed E-state index contributed by atoms with van der Waals surface area (Å²) in [5, 5.41) is 0. The molecule has 0 aliphatic heterocycles. The lowest BCUT2D eigenvalue weighted by Gasteiger charge is -2.14. The van der Waals surface area contributed by atoms with Gasteiger partial charge in [0.25, 0.3) is 0 Å². The first-order chi connectivity index (χ1) is 6.97. The third-order valence-corrected chi connectivity index (χ3v) is 4.14. The van der Waals surface area contributed by atoms with E-state index in [-0.39, 0.29) is 11.9 Å². The third-order valence-electron chi connectivity index (χ3n) is 2.28. The van der Waals surface area contributed by atoms with Crippen molar-refractivity contribution in [1.82, 2.24) is 0 Å². The molecule has 1 atom stereocenters. The summed E-state index contributed by atoms with van der Waals surface area (Å²) < 4.78 is 21.1. The Hall–Kier alpha value is -0.180. The van der Waals surface area contributed by atoms with Crippen LogP contribution in [0.5, 0.6) is 0 Å². The zero-order valence-electron chi connectivity index (χ0n) is 9.99. The molecule has 0 aromatic rings. The van der Waals surface area contributed by atoms with Gasteiger partial charge in [0.15, 0.2) is 0 Å². The zero-order chi connectivity index (χ0) is 11.9. The monoisotopic (exact) mass is 236 g/mol. The molecule has 0 spiro atoms. The fourth-order valence-electron chi connectivity index (χ4n) is 1.47. The first kappa shape index (κ1) is 14.8. The number of hydrogen-bond acceptors (Lipinski definition) is 4. The van der Waals surface area contributed by atoms with Crippen LogP contribution in [0, 0.1) is 5.92 Å². The van der Waals surface area contributed by atoms with Gasteiger partial charge in [-0.2, -0.15) is 0 Å². The molecule has 0 rings (SSSR count). The van der Waals surface area contributed by atoms with Gasteiger partial charge < -0.3 is 9.05 Å². The van der Waals surface area contributed by atoms with Crippen LogP contribution in [0.3, 0.4) is 0 Å². The smallest absolute Gasteiger partial charge is 0.312 e. The Balaban J connectivity index is 4.08. The van der Waals surface area contributed by atoms with E-state index in [1.807, 2.05) is 6.92 Å². The van der Waals surface area contributed by atoms with Crippen molar-refractivity contribution in [3.8, 4) is 0 Å². The SMILES string of the molecule is CCCC(C)CC(=O)CP(=O)(OC)OC. The van der Waals surface area contributed by atoms with Crippen LogP contribution in [0.25, 0.3) is 0 Å². The van der Waals surface area contributed by atoms with Crippen LogP contribution in [-0.4, -0.2) is 26.2 Å². The number of ketones is 1. The van der Waals surface area contributed by atoms with E-state index in [1.54, 1.807) is 0 Å². The summed E-state index contributed by atoms with van der Waals surface area (Å²) in [6, 6.07) is 0. The van der Waals surface area contributed by atoms with Gasteiger partial charge in [-0.1, -0.05) is 26.7 Å². The molecule has 5 heteroatoms. The lowest BCUT2D eigenvalue weighted by molar-refractivity contribution is -0.117. The maximum Gasteiger partial charge on any atom is 0.337 e. The number of carbonyl (C=O) groups is 1. The lowest BCUT2D eigenvalue weighted by atomic mass is 10.0. The van der Waals surface area contributed by atoms with Crippen molar-refractivity contribution in [3.05, 3.63) is 0 Å². The first-order valence-corrected chi connectivity index (χ1v) is 6.92. The van der Waals surface area contributed by atoms with E-state index in [4.69, 9.17) is 9.05 Å². The standard InChI is InChI=1S/C10H21O4P/c1-5-6-9(2)7-10(11)8-15(12,13-3)14-4/h9H,5-8H2,1-4H3. The second kappa shape index (κ2) is 7.15. The highest BCUT2D eigenvalue weighted by molar-refractivity contribution is 7.54. The Bertz CT molecular complexity index is 232.